The molecule has 94 valence electrons. The molecule has 0 amide bonds. The van der Waals surface area contributed by atoms with Crippen LogP contribution in [0.5, 0.6) is 0 Å². The Kier molecular flexibility index (Phi) is 5.70. The van der Waals surface area contributed by atoms with Gasteiger partial charge in [0.25, 0.3) is 0 Å². The summed E-state index contributed by atoms with van der Waals surface area (Å²) in [7, 11) is 2.06. The SMILES string of the molecule is CCC(COC(C)=O)N(C)Cc1ccccc1. The topological polar surface area (TPSA) is 29.5 Å². The first-order valence-electron chi connectivity index (χ1n) is 6.01. The molecule has 0 aliphatic carbocycles. The largest absolute Gasteiger partial charge is 0.464 e. The van der Waals surface area contributed by atoms with Gasteiger partial charge in [-0.25, -0.2) is 0 Å². The molecule has 3 nitrogen and oxygen atoms in total. The summed E-state index contributed by atoms with van der Waals surface area (Å²) >= 11 is 0. The number of benzene rings is 1. The number of carbonyl (C=O) groups excluding carboxylic acids is 1. The van der Waals surface area contributed by atoms with Crippen molar-refractivity contribution in [3.05, 3.63) is 35.9 Å². The van der Waals surface area contributed by atoms with Gasteiger partial charge in [-0.15, -0.1) is 0 Å². The minimum Gasteiger partial charge on any atom is -0.464 e. The predicted octanol–water partition coefficient (Wildman–Crippen LogP) is 2.46. The first-order valence-corrected chi connectivity index (χ1v) is 6.01. The van der Waals surface area contributed by atoms with Crippen LogP contribution in [0.15, 0.2) is 30.3 Å². The lowest BCUT2D eigenvalue weighted by Crippen LogP contribution is -2.35. The zero-order valence-electron chi connectivity index (χ0n) is 10.8. The summed E-state index contributed by atoms with van der Waals surface area (Å²) in [6.45, 7) is 4.90. The Hall–Kier alpha value is -1.35. The highest BCUT2D eigenvalue weighted by molar-refractivity contribution is 5.65. The Morgan fingerprint density at radius 2 is 2.00 bits per heavy atom. The highest BCUT2D eigenvalue weighted by Gasteiger charge is 2.14. The first kappa shape index (κ1) is 13.7. The molecule has 0 aliphatic heterocycles. The molecule has 0 aromatic heterocycles. The summed E-state index contributed by atoms with van der Waals surface area (Å²) < 4.78 is 5.07. The van der Waals surface area contributed by atoms with Crippen LogP contribution < -0.4 is 0 Å². The van der Waals surface area contributed by atoms with Crippen molar-refractivity contribution in [1.29, 1.82) is 0 Å². The van der Waals surface area contributed by atoms with Crippen LogP contribution in [0.4, 0.5) is 0 Å². The van der Waals surface area contributed by atoms with E-state index in [0.717, 1.165) is 13.0 Å². The molecule has 1 atom stereocenters. The van der Waals surface area contributed by atoms with E-state index in [4.69, 9.17) is 4.74 Å². The molecule has 1 aromatic carbocycles. The number of carbonyl (C=O) groups is 1. The number of esters is 1. The summed E-state index contributed by atoms with van der Waals surface area (Å²) in [4.78, 5) is 13.0. The van der Waals surface area contributed by atoms with Crippen LogP contribution in [0, 0.1) is 0 Å². The fourth-order valence-electron chi connectivity index (χ4n) is 1.77. The summed E-state index contributed by atoms with van der Waals surface area (Å²) in [6.07, 6.45) is 0.969. The van der Waals surface area contributed by atoms with Crippen molar-refractivity contribution in [2.45, 2.75) is 32.9 Å². The van der Waals surface area contributed by atoms with Gasteiger partial charge in [-0.1, -0.05) is 37.3 Å². The van der Waals surface area contributed by atoms with Crippen molar-refractivity contribution in [3.63, 3.8) is 0 Å². The van der Waals surface area contributed by atoms with Gasteiger partial charge in [-0.05, 0) is 19.0 Å². The molecular weight excluding hydrogens is 214 g/mol. The highest BCUT2D eigenvalue weighted by atomic mass is 16.5. The van der Waals surface area contributed by atoms with Crippen molar-refractivity contribution in [2.75, 3.05) is 13.7 Å². The molecule has 0 heterocycles. The lowest BCUT2D eigenvalue weighted by molar-refractivity contribution is -0.142. The van der Waals surface area contributed by atoms with Crippen LogP contribution in [0.2, 0.25) is 0 Å². The Morgan fingerprint density at radius 1 is 1.35 bits per heavy atom. The summed E-state index contributed by atoms with van der Waals surface area (Å²) in [5.41, 5.74) is 1.27. The van der Waals surface area contributed by atoms with Gasteiger partial charge in [0.05, 0.1) is 0 Å². The van der Waals surface area contributed by atoms with E-state index in [-0.39, 0.29) is 12.0 Å². The quantitative estimate of drug-likeness (QED) is 0.709. The van der Waals surface area contributed by atoms with E-state index in [0.29, 0.717) is 6.61 Å². The first-order chi connectivity index (χ1) is 8.13. The van der Waals surface area contributed by atoms with E-state index in [1.165, 1.54) is 12.5 Å². The Bertz CT molecular complexity index is 337. The van der Waals surface area contributed by atoms with Gasteiger partial charge in [-0.2, -0.15) is 0 Å². The molecule has 0 aliphatic rings. The van der Waals surface area contributed by atoms with Gasteiger partial charge >= 0.3 is 5.97 Å². The fraction of sp³-hybridized carbons (Fsp3) is 0.500. The molecule has 1 rings (SSSR count). The third-order valence-corrected chi connectivity index (χ3v) is 2.85. The predicted molar refractivity (Wildman–Crippen MR) is 68.6 cm³/mol. The molecule has 0 saturated heterocycles. The zero-order chi connectivity index (χ0) is 12.7. The Balaban J connectivity index is 2.48. The number of rotatable bonds is 6. The van der Waals surface area contributed by atoms with Crippen molar-refractivity contribution < 1.29 is 9.53 Å². The molecule has 0 N–H and O–H groups in total. The maximum Gasteiger partial charge on any atom is 0.302 e. The second-order valence-corrected chi connectivity index (χ2v) is 4.27. The zero-order valence-corrected chi connectivity index (χ0v) is 10.8. The molecule has 0 radical (unpaired) electrons. The number of likely N-dealkylation sites (N-methyl/N-ethyl adjacent to an activating group) is 1. The van der Waals surface area contributed by atoms with E-state index in [9.17, 15) is 4.79 Å². The average Bonchev–Trinajstić information content (AvgIpc) is 2.30. The number of ether oxygens (including phenoxy) is 1. The standard InChI is InChI=1S/C14H21NO2/c1-4-14(11-17-12(2)16)15(3)10-13-8-6-5-7-9-13/h5-9,14H,4,10-11H2,1-3H3. The van der Waals surface area contributed by atoms with Gasteiger partial charge < -0.3 is 4.74 Å². The lowest BCUT2D eigenvalue weighted by atomic mass is 10.1. The summed E-state index contributed by atoms with van der Waals surface area (Å²) in [5.74, 6) is -0.212. The molecular formula is C14H21NO2. The number of hydrogen-bond donors (Lipinski definition) is 0. The van der Waals surface area contributed by atoms with Crippen molar-refractivity contribution in [1.82, 2.24) is 4.90 Å². The van der Waals surface area contributed by atoms with E-state index < -0.39 is 0 Å². The van der Waals surface area contributed by atoms with Crippen molar-refractivity contribution >= 4 is 5.97 Å². The maximum atomic E-state index is 10.8. The summed E-state index contributed by atoms with van der Waals surface area (Å²) in [5, 5.41) is 0. The van der Waals surface area contributed by atoms with Crippen LogP contribution in [-0.2, 0) is 16.1 Å². The molecule has 0 saturated carbocycles. The normalized spacial score (nSPS) is 12.5. The third kappa shape index (κ3) is 5.00. The van der Waals surface area contributed by atoms with Crippen LogP contribution >= 0.6 is 0 Å². The van der Waals surface area contributed by atoms with Gasteiger partial charge in [0.1, 0.15) is 6.61 Å². The fourth-order valence-corrected chi connectivity index (χ4v) is 1.77. The molecule has 0 bridgehead atoms. The second kappa shape index (κ2) is 7.07. The second-order valence-electron chi connectivity index (χ2n) is 4.27. The Morgan fingerprint density at radius 3 is 2.53 bits per heavy atom. The molecule has 1 aromatic rings. The lowest BCUT2D eigenvalue weighted by Gasteiger charge is -2.26. The molecule has 0 spiro atoms. The third-order valence-electron chi connectivity index (χ3n) is 2.85. The molecule has 0 fully saturated rings. The minimum atomic E-state index is -0.212. The number of nitrogens with zero attached hydrogens (tertiary/aromatic N) is 1. The minimum absolute atomic E-state index is 0.212. The molecule has 1 unspecified atom stereocenters. The van der Waals surface area contributed by atoms with E-state index in [1.807, 2.05) is 18.2 Å². The van der Waals surface area contributed by atoms with Gasteiger partial charge in [0, 0.05) is 19.5 Å². The van der Waals surface area contributed by atoms with E-state index >= 15 is 0 Å². The van der Waals surface area contributed by atoms with Crippen LogP contribution in [-0.4, -0.2) is 30.6 Å². The van der Waals surface area contributed by atoms with Crippen molar-refractivity contribution in [2.24, 2.45) is 0 Å². The van der Waals surface area contributed by atoms with Gasteiger partial charge in [-0.3, -0.25) is 9.69 Å². The van der Waals surface area contributed by atoms with Crippen molar-refractivity contribution in [3.8, 4) is 0 Å². The smallest absolute Gasteiger partial charge is 0.302 e. The van der Waals surface area contributed by atoms with E-state index in [2.05, 4.69) is 31.0 Å². The molecule has 17 heavy (non-hydrogen) atoms. The van der Waals surface area contributed by atoms with Crippen LogP contribution in [0.3, 0.4) is 0 Å². The molecule has 3 heteroatoms. The highest BCUT2D eigenvalue weighted by Crippen LogP contribution is 2.09. The van der Waals surface area contributed by atoms with Crippen LogP contribution in [0.25, 0.3) is 0 Å². The van der Waals surface area contributed by atoms with Gasteiger partial charge in [0.15, 0.2) is 0 Å². The monoisotopic (exact) mass is 235 g/mol. The Labute approximate surface area is 103 Å². The maximum absolute atomic E-state index is 10.8. The van der Waals surface area contributed by atoms with Gasteiger partial charge in [0.2, 0.25) is 0 Å². The number of hydrogen-bond acceptors (Lipinski definition) is 3. The summed E-state index contributed by atoms with van der Waals surface area (Å²) in [6, 6.07) is 10.6. The van der Waals surface area contributed by atoms with Crippen LogP contribution in [0.1, 0.15) is 25.8 Å². The van der Waals surface area contributed by atoms with E-state index in [1.54, 1.807) is 0 Å². The average molecular weight is 235 g/mol.